The van der Waals surface area contributed by atoms with Crippen LogP contribution in [0.5, 0.6) is 0 Å². The molecule has 19 heavy (non-hydrogen) atoms. The first-order chi connectivity index (χ1) is 9.24. The fourth-order valence-corrected chi connectivity index (χ4v) is 2.03. The summed E-state index contributed by atoms with van der Waals surface area (Å²) >= 11 is 0. The third kappa shape index (κ3) is 4.76. The Labute approximate surface area is 116 Å². The van der Waals surface area contributed by atoms with Gasteiger partial charge in [0.15, 0.2) is 0 Å². The quantitative estimate of drug-likeness (QED) is 0.848. The van der Waals surface area contributed by atoms with E-state index in [2.05, 4.69) is 72.7 Å². The maximum absolute atomic E-state index is 3.43. The molecule has 0 heterocycles. The van der Waals surface area contributed by atoms with Gasteiger partial charge in [0.2, 0.25) is 0 Å². The van der Waals surface area contributed by atoms with Gasteiger partial charge in [0, 0.05) is 25.3 Å². The molecule has 0 amide bonds. The van der Waals surface area contributed by atoms with Gasteiger partial charge in [-0.05, 0) is 31.7 Å². The van der Waals surface area contributed by atoms with Crippen molar-refractivity contribution in [2.45, 2.75) is 13.5 Å². The number of para-hydroxylation sites is 1. The molecule has 0 aliphatic heterocycles. The summed E-state index contributed by atoms with van der Waals surface area (Å²) in [6.07, 6.45) is 0. The average molecular weight is 254 g/mol. The van der Waals surface area contributed by atoms with E-state index in [4.69, 9.17) is 0 Å². The number of hydrogen-bond donors (Lipinski definition) is 1. The van der Waals surface area contributed by atoms with Crippen molar-refractivity contribution in [3.8, 4) is 0 Å². The SMILES string of the molecule is Cc1ccc(CN(C)CCNc2ccccc2)cc1. The van der Waals surface area contributed by atoms with E-state index < -0.39 is 0 Å². The van der Waals surface area contributed by atoms with Crippen molar-refractivity contribution >= 4 is 5.69 Å². The highest BCUT2D eigenvalue weighted by atomic mass is 15.1. The summed E-state index contributed by atoms with van der Waals surface area (Å²) in [5.41, 5.74) is 3.87. The summed E-state index contributed by atoms with van der Waals surface area (Å²) in [7, 11) is 2.16. The van der Waals surface area contributed by atoms with E-state index in [1.807, 2.05) is 6.07 Å². The second kappa shape index (κ2) is 6.95. The minimum Gasteiger partial charge on any atom is -0.384 e. The smallest absolute Gasteiger partial charge is 0.0340 e. The molecule has 2 heteroatoms. The van der Waals surface area contributed by atoms with Crippen molar-refractivity contribution in [3.63, 3.8) is 0 Å². The average Bonchev–Trinajstić information content (AvgIpc) is 2.43. The van der Waals surface area contributed by atoms with E-state index in [0.717, 1.165) is 19.6 Å². The second-order valence-corrected chi connectivity index (χ2v) is 5.02. The topological polar surface area (TPSA) is 15.3 Å². The van der Waals surface area contributed by atoms with Crippen LogP contribution in [0.1, 0.15) is 11.1 Å². The summed E-state index contributed by atoms with van der Waals surface area (Å²) in [6.45, 7) is 5.11. The Morgan fingerprint density at radius 3 is 2.32 bits per heavy atom. The lowest BCUT2D eigenvalue weighted by atomic mass is 10.1. The van der Waals surface area contributed by atoms with Gasteiger partial charge in [-0.15, -0.1) is 0 Å². The van der Waals surface area contributed by atoms with Crippen molar-refractivity contribution in [2.75, 3.05) is 25.5 Å². The van der Waals surface area contributed by atoms with Crippen molar-refractivity contribution in [3.05, 3.63) is 65.7 Å². The molecule has 0 radical (unpaired) electrons. The number of aryl methyl sites for hydroxylation is 1. The van der Waals surface area contributed by atoms with Gasteiger partial charge in [0.1, 0.15) is 0 Å². The first kappa shape index (κ1) is 13.6. The number of likely N-dealkylation sites (N-methyl/N-ethyl adjacent to an activating group) is 1. The lowest BCUT2D eigenvalue weighted by molar-refractivity contribution is 0.340. The monoisotopic (exact) mass is 254 g/mol. The van der Waals surface area contributed by atoms with Crippen molar-refractivity contribution in [1.29, 1.82) is 0 Å². The zero-order valence-electron chi connectivity index (χ0n) is 11.8. The van der Waals surface area contributed by atoms with Crippen LogP contribution in [0.25, 0.3) is 0 Å². The second-order valence-electron chi connectivity index (χ2n) is 5.02. The molecule has 1 N–H and O–H groups in total. The molecule has 0 atom stereocenters. The minimum atomic E-state index is 0.965. The molecule has 0 fully saturated rings. The van der Waals surface area contributed by atoms with Gasteiger partial charge < -0.3 is 10.2 Å². The molecule has 0 saturated carbocycles. The summed E-state index contributed by atoms with van der Waals surface area (Å²) in [5.74, 6) is 0. The van der Waals surface area contributed by atoms with Gasteiger partial charge in [0.25, 0.3) is 0 Å². The van der Waals surface area contributed by atoms with Crippen LogP contribution in [0.4, 0.5) is 5.69 Å². The number of anilines is 1. The highest BCUT2D eigenvalue weighted by molar-refractivity contribution is 5.42. The summed E-state index contributed by atoms with van der Waals surface area (Å²) in [6, 6.07) is 19.1. The molecule has 0 spiro atoms. The minimum absolute atomic E-state index is 0.965. The molecule has 2 nitrogen and oxygen atoms in total. The Morgan fingerprint density at radius 1 is 0.947 bits per heavy atom. The highest BCUT2D eigenvalue weighted by Gasteiger charge is 2.00. The van der Waals surface area contributed by atoms with Crippen LogP contribution < -0.4 is 5.32 Å². The Hall–Kier alpha value is -1.80. The van der Waals surface area contributed by atoms with Crippen LogP contribution in [-0.4, -0.2) is 25.0 Å². The van der Waals surface area contributed by atoms with Gasteiger partial charge in [0.05, 0.1) is 0 Å². The number of nitrogens with zero attached hydrogens (tertiary/aromatic N) is 1. The number of nitrogens with one attached hydrogen (secondary N) is 1. The molecule has 0 unspecified atom stereocenters. The van der Waals surface area contributed by atoms with Crippen LogP contribution in [-0.2, 0) is 6.54 Å². The molecule has 2 rings (SSSR count). The molecule has 0 saturated heterocycles. The molecule has 0 aliphatic carbocycles. The number of benzene rings is 2. The zero-order chi connectivity index (χ0) is 13.5. The lowest BCUT2D eigenvalue weighted by Gasteiger charge is -2.17. The van der Waals surface area contributed by atoms with Gasteiger partial charge >= 0.3 is 0 Å². The summed E-state index contributed by atoms with van der Waals surface area (Å²) in [5, 5.41) is 3.43. The van der Waals surface area contributed by atoms with Crippen LogP contribution in [0.15, 0.2) is 54.6 Å². The van der Waals surface area contributed by atoms with Gasteiger partial charge in [-0.1, -0.05) is 48.0 Å². The van der Waals surface area contributed by atoms with Crippen LogP contribution >= 0.6 is 0 Å². The number of rotatable bonds is 6. The molecular weight excluding hydrogens is 232 g/mol. The molecule has 2 aromatic rings. The van der Waals surface area contributed by atoms with Crippen LogP contribution in [0, 0.1) is 6.92 Å². The van der Waals surface area contributed by atoms with E-state index in [-0.39, 0.29) is 0 Å². The Bertz CT molecular complexity index is 476. The largest absolute Gasteiger partial charge is 0.384 e. The zero-order valence-corrected chi connectivity index (χ0v) is 11.8. The predicted molar refractivity (Wildman–Crippen MR) is 82.4 cm³/mol. The first-order valence-corrected chi connectivity index (χ1v) is 6.77. The third-order valence-corrected chi connectivity index (χ3v) is 3.17. The Morgan fingerprint density at radius 2 is 1.63 bits per heavy atom. The molecule has 0 aliphatic rings. The van der Waals surface area contributed by atoms with E-state index in [1.165, 1.54) is 16.8 Å². The normalized spacial score (nSPS) is 10.7. The van der Waals surface area contributed by atoms with E-state index >= 15 is 0 Å². The van der Waals surface area contributed by atoms with E-state index in [0.29, 0.717) is 0 Å². The van der Waals surface area contributed by atoms with E-state index in [9.17, 15) is 0 Å². The van der Waals surface area contributed by atoms with Crippen molar-refractivity contribution < 1.29 is 0 Å². The summed E-state index contributed by atoms with van der Waals surface area (Å²) < 4.78 is 0. The Kier molecular flexibility index (Phi) is 4.99. The maximum Gasteiger partial charge on any atom is 0.0340 e. The standard InChI is InChI=1S/C17H22N2/c1-15-8-10-16(11-9-15)14-19(2)13-12-18-17-6-4-3-5-7-17/h3-11,18H,12-14H2,1-2H3. The first-order valence-electron chi connectivity index (χ1n) is 6.77. The fraction of sp³-hybridized carbons (Fsp3) is 0.294. The lowest BCUT2D eigenvalue weighted by Crippen LogP contribution is -2.24. The third-order valence-electron chi connectivity index (χ3n) is 3.17. The predicted octanol–water partition coefficient (Wildman–Crippen LogP) is 3.54. The molecule has 100 valence electrons. The van der Waals surface area contributed by atoms with E-state index in [1.54, 1.807) is 0 Å². The number of hydrogen-bond acceptors (Lipinski definition) is 2. The molecule has 0 aromatic heterocycles. The molecule has 2 aromatic carbocycles. The van der Waals surface area contributed by atoms with Crippen molar-refractivity contribution in [2.24, 2.45) is 0 Å². The molecule has 0 bridgehead atoms. The van der Waals surface area contributed by atoms with Crippen LogP contribution in [0.3, 0.4) is 0 Å². The maximum atomic E-state index is 3.43. The fourth-order valence-electron chi connectivity index (χ4n) is 2.03. The molecular formula is C17H22N2. The summed E-state index contributed by atoms with van der Waals surface area (Å²) in [4.78, 5) is 2.33. The van der Waals surface area contributed by atoms with Gasteiger partial charge in [-0.2, -0.15) is 0 Å². The van der Waals surface area contributed by atoms with Crippen molar-refractivity contribution in [1.82, 2.24) is 4.90 Å². The van der Waals surface area contributed by atoms with Crippen LogP contribution in [0.2, 0.25) is 0 Å². The van der Waals surface area contributed by atoms with Gasteiger partial charge in [-0.3, -0.25) is 0 Å². The Balaban J connectivity index is 1.73. The van der Waals surface area contributed by atoms with Gasteiger partial charge in [-0.25, -0.2) is 0 Å². The highest BCUT2D eigenvalue weighted by Crippen LogP contribution is 2.07.